The first-order valence-corrected chi connectivity index (χ1v) is 10.7. The second-order valence-electron chi connectivity index (χ2n) is 7.77. The molecule has 1 unspecified atom stereocenters. The van der Waals surface area contributed by atoms with Gasteiger partial charge in [0.25, 0.3) is 0 Å². The molecule has 4 heteroatoms. The van der Waals surface area contributed by atoms with Gasteiger partial charge in [-0.1, -0.05) is 78.3 Å². The molecule has 3 nitrogen and oxygen atoms in total. The standard InChI is InChI=1S/C25H22BrN3/c1-16(2)17-7-9-18(10-8-17)22-15-24(19-11-13-20(26)14-12-19)29-23-6-4-3-5-21(23)27-25(29)28-22/h3-16,24H,1-2H3,(H,27,28). The molecule has 1 aliphatic heterocycles. The van der Waals surface area contributed by atoms with E-state index in [0.717, 1.165) is 27.2 Å². The molecule has 1 aromatic heterocycles. The van der Waals surface area contributed by atoms with Crippen LogP contribution in [0.5, 0.6) is 0 Å². The van der Waals surface area contributed by atoms with Crippen LogP contribution in [0.3, 0.4) is 0 Å². The monoisotopic (exact) mass is 443 g/mol. The molecule has 2 heterocycles. The Bertz CT molecular complexity index is 1200. The summed E-state index contributed by atoms with van der Waals surface area (Å²) in [5.41, 5.74) is 6.98. The SMILES string of the molecule is CC(C)c1ccc(C2=CC(c3ccc(Br)cc3)n3c(nc4ccccc43)N2)cc1. The maximum Gasteiger partial charge on any atom is 0.209 e. The summed E-state index contributed by atoms with van der Waals surface area (Å²) in [5, 5.41) is 3.57. The molecule has 4 aromatic rings. The predicted molar refractivity (Wildman–Crippen MR) is 124 cm³/mol. The molecule has 5 rings (SSSR count). The minimum Gasteiger partial charge on any atom is -0.325 e. The summed E-state index contributed by atoms with van der Waals surface area (Å²) in [4.78, 5) is 4.87. The molecular weight excluding hydrogens is 422 g/mol. The molecule has 0 fully saturated rings. The van der Waals surface area contributed by atoms with Gasteiger partial charge in [-0.05, 0) is 52.9 Å². The van der Waals surface area contributed by atoms with Crippen LogP contribution < -0.4 is 5.32 Å². The van der Waals surface area contributed by atoms with Crippen LogP contribution in [0.15, 0.2) is 83.3 Å². The van der Waals surface area contributed by atoms with Gasteiger partial charge < -0.3 is 5.32 Å². The van der Waals surface area contributed by atoms with Crippen molar-refractivity contribution in [2.75, 3.05) is 5.32 Å². The van der Waals surface area contributed by atoms with Gasteiger partial charge in [-0.3, -0.25) is 4.57 Å². The molecule has 144 valence electrons. The van der Waals surface area contributed by atoms with Crippen molar-refractivity contribution >= 4 is 38.6 Å². The van der Waals surface area contributed by atoms with E-state index in [0.29, 0.717) is 5.92 Å². The van der Waals surface area contributed by atoms with Crippen LogP contribution in [-0.4, -0.2) is 9.55 Å². The summed E-state index contributed by atoms with van der Waals surface area (Å²) < 4.78 is 3.37. The average molecular weight is 444 g/mol. The van der Waals surface area contributed by atoms with Crippen LogP contribution in [0.1, 0.15) is 42.5 Å². The maximum atomic E-state index is 4.87. The predicted octanol–water partition coefficient (Wildman–Crippen LogP) is 6.98. The van der Waals surface area contributed by atoms with E-state index in [9.17, 15) is 0 Å². The van der Waals surface area contributed by atoms with Crippen molar-refractivity contribution in [3.63, 3.8) is 0 Å². The molecular formula is C25H22BrN3. The number of hydrogen-bond donors (Lipinski definition) is 1. The van der Waals surface area contributed by atoms with Crippen LogP contribution in [0, 0.1) is 0 Å². The number of rotatable bonds is 3. The molecule has 1 aliphatic rings. The average Bonchev–Trinajstić information content (AvgIpc) is 3.12. The van der Waals surface area contributed by atoms with E-state index < -0.39 is 0 Å². The quantitative estimate of drug-likeness (QED) is 0.370. The molecule has 0 spiro atoms. The highest BCUT2D eigenvalue weighted by Crippen LogP contribution is 2.37. The third kappa shape index (κ3) is 3.28. The molecule has 29 heavy (non-hydrogen) atoms. The van der Waals surface area contributed by atoms with Gasteiger partial charge in [0, 0.05) is 10.2 Å². The third-order valence-corrected chi connectivity index (χ3v) is 6.07. The molecule has 0 radical (unpaired) electrons. The van der Waals surface area contributed by atoms with E-state index >= 15 is 0 Å². The van der Waals surface area contributed by atoms with Gasteiger partial charge in [0.15, 0.2) is 0 Å². The normalized spacial score (nSPS) is 15.9. The van der Waals surface area contributed by atoms with E-state index in [2.05, 4.69) is 112 Å². The van der Waals surface area contributed by atoms with E-state index in [1.807, 2.05) is 6.07 Å². The topological polar surface area (TPSA) is 29.9 Å². The third-order valence-electron chi connectivity index (χ3n) is 5.54. The molecule has 1 N–H and O–H groups in total. The number of allylic oxidation sites excluding steroid dienone is 1. The number of nitrogens with zero attached hydrogens (tertiary/aromatic N) is 2. The highest BCUT2D eigenvalue weighted by molar-refractivity contribution is 9.10. The lowest BCUT2D eigenvalue weighted by Crippen LogP contribution is -2.19. The fourth-order valence-electron chi connectivity index (χ4n) is 3.93. The zero-order valence-electron chi connectivity index (χ0n) is 16.4. The molecule has 3 aromatic carbocycles. The second-order valence-corrected chi connectivity index (χ2v) is 8.69. The van der Waals surface area contributed by atoms with Crippen molar-refractivity contribution < 1.29 is 0 Å². The molecule has 1 atom stereocenters. The molecule has 0 saturated heterocycles. The fourth-order valence-corrected chi connectivity index (χ4v) is 4.19. The minimum absolute atomic E-state index is 0.0755. The Kier molecular flexibility index (Phi) is 4.51. The van der Waals surface area contributed by atoms with Crippen LogP contribution in [0.4, 0.5) is 5.95 Å². The fraction of sp³-hybridized carbons (Fsp3) is 0.160. The van der Waals surface area contributed by atoms with Crippen molar-refractivity contribution in [1.29, 1.82) is 0 Å². The van der Waals surface area contributed by atoms with Crippen molar-refractivity contribution in [3.8, 4) is 0 Å². The van der Waals surface area contributed by atoms with Crippen molar-refractivity contribution in [2.45, 2.75) is 25.8 Å². The van der Waals surface area contributed by atoms with Crippen LogP contribution in [0.2, 0.25) is 0 Å². The summed E-state index contributed by atoms with van der Waals surface area (Å²) in [5.74, 6) is 1.40. The Balaban J connectivity index is 1.65. The number of halogens is 1. The molecule has 0 bridgehead atoms. The number of imidazole rings is 1. The summed E-state index contributed by atoms with van der Waals surface area (Å²) in [6.45, 7) is 4.44. The lowest BCUT2D eigenvalue weighted by molar-refractivity contribution is 0.720. The first-order valence-electron chi connectivity index (χ1n) is 9.92. The minimum atomic E-state index is 0.0755. The van der Waals surface area contributed by atoms with Gasteiger partial charge in [-0.15, -0.1) is 0 Å². The largest absolute Gasteiger partial charge is 0.325 e. The van der Waals surface area contributed by atoms with Crippen LogP contribution in [-0.2, 0) is 0 Å². The number of nitrogens with one attached hydrogen (secondary N) is 1. The van der Waals surface area contributed by atoms with E-state index in [-0.39, 0.29) is 6.04 Å². The number of benzene rings is 3. The van der Waals surface area contributed by atoms with Crippen LogP contribution in [0.25, 0.3) is 16.7 Å². The lowest BCUT2D eigenvalue weighted by atomic mass is 9.98. The van der Waals surface area contributed by atoms with Gasteiger partial charge >= 0.3 is 0 Å². The van der Waals surface area contributed by atoms with Crippen molar-refractivity contribution in [2.24, 2.45) is 0 Å². The van der Waals surface area contributed by atoms with E-state index in [4.69, 9.17) is 4.98 Å². The van der Waals surface area contributed by atoms with Gasteiger partial charge in [0.05, 0.1) is 17.1 Å². The molecule has 0 saturated carbocycles. The zero-order valence-corrected chi connectivity index (χ0v) is 18.0. The summed E-state index contributed by atoms with van der Waals surface area (Å²) in [7, 11) is 0. The Labute approximate surface area is 179 Å². The zero-order chi connectivity index (χ0) is 20.0. The van der Waals surface area contributed by atoms with E-state index in [1.165, 1.54) is 16.7 Å². The summed E-state index contributed by atoms with van der Waals surface area (Å²) in [6, 6.07) is 25.8. The first-order chi connectivity index (χ1) is 14.1. The molecule has 0 aliphatic carbocycles. The number of anilines is 1. The van der Waals surface area contributed by atoms with Gasteiger partial charge in [-0.2, -0.15) is 0 Å². The van der Waals surface area contributed by atoms with Gasteiger partial charge in [-0.25, -0.2) is 4.98 Å². The highest BCUT2D eigenvalue weighted by atomic mass is 79.9. The summed E-state index contributed by atoms with van der Waals surface area (Å²) >= 11 is 3.55. The Morgan fingerprint density at radius 3 is 2.38 bits per heavy atom. The Morgan fingerprint density at radius 2 is 1.66 bits per heavy atom. The lowest BCUT2D eigenvalue weighted by Gasteiger charge is -2.27. The smallest absolute Gasteiger partial charge is 0.209 e. The number of aromatic nitrogens is 2. The number of para-hydroxylation sites is 2. The number of hydrogen-bond acceptors (Lipinski definition) is 2. The van der Waals surface area contributed by atoms with Gasteiger partial charge in [0.2, 0.25) is 5.95 Å². The van der Waals surface area contributed by atoms with E-state index in [1.54, 1.807) is 0 Å². The van der Waals surface area contributed by atoms with Crippen molar-refractivity contribution in [1.82, 2.24) is 9.55 Å². The van der Waals surface area contributed by atoms with Gasteiger partial charge in [0.1, 0.15) is 0 Å². The first kappa shape index (κ1) is 18.2. The van der Waals surface area contributed by atoms with Crippen molar-refractivity contribution in [3.05, 3.63) is 100 Å². The number of fused-ring (bicyclic) bond motifs is 3. The van der Waals surface area contributed by atoms with Crippen LogP contribution >= 0.6 is 15.9 Å². The maximum absolute atomic E-state index is 4.87. The highest BCUT2D eigenvalue weighted by Gasteiger charge is 2.25. The molecule has 0 amide bonds. The Hall–Kier alpha value is -2.85. The summed E-state index contributed by atoms with van der Waals surface area (Å²) in [6.07, 6.45) is 2.30. The second kappa shape index (κ2) is 7.20. The Morgan fingerprint density at radius 1 is 0.931 bits per heavy atom.